The van der Waals surface area contributed by atoms with Crippen molar-refractivity contribution in [3.8, 4) is 11.1 Å². The van der Waals surface area contributed by atoms with Crippen molar-refractivity contribution < 1.29 is 0 Å². The summed E-state index contributed by atoms with van der Waals surface area (Å²) < 4.78 is 2.55. The molecule has 0 radical (unpaired) electrons. The number of nitrogens with zero attached hydrogens (tertiary/aromatic N) is 3. The van der Waals surface area contributed by atoms with Crippen LogP contribution in [-0.2, 0) is 18.3 Å². The molecule has 0 atom stereocenters. The molecule has 0 saturated heterocycles. The molecule has 2 aromatic heterocycles. The van der Waals surface area contributed by atoms with E-state index in [1.54, 1.807) is 0 Å². The lowest BCUT2D eigenvalue weighted by Gasteiger charge is -2.26. The maximum atomic E-state index is 2.55. The fourth-order valence-corrected chi connectivity index (χ4v) is 10.4. The van der Waals surface area contributed by atoms with Gasteiger partial charge in [0, 0.05) is 55.7 Å². The lowest BCUT2D eigenvalue weighted by atomic mass is 9.86. The molecular formula is C64H53N3. The number of benzene rings is 10. The zero-order valence-electron chi connectivity index (χ0n) is 38.9. The fourth-order valence-electron chi connectivity index (χ4n) is 10.4. The first kappa shape index (κ1) is 40.6. The Labute approximate surface area is 393 Å². The van der Waals surface area contributed by atoms with Crippen LogP contribution >= 0.6 is 0 Å². The number of anilines is 6. The van der Waals surface area contributed by atoms with Gasteiger partial charge in [-0.2, -0.15) is 0 Å². The van der Waals surface area contributed by atoms with Crippen molar-refractivity contribution in [2.24, 2.45) is 0 Å². The van der Waals surface area contributed by atoms with Crippen molar-refractivity contribution in [2.75, 3.05) is 9.80 Å². The van der Waals surface area contributed by atoms with Crippen LogP contribution in [0.5, 0.6) is 0 Å². The van der Waals surface area contributed by atoms with Crippen LogP contribution in [0.4, 0.5) is 34.1 Å². The van der Waals surface area contributed by atoms with Gasteiger partial charge < -0.3 is 14.2 Å². The van der Waals surface area contributed by atoms with Gasteiger partial charge in [0.15, 0.2) is 0 Å². The summed E-state index contributed by atoms with van der Waals surface area (Å²) in [4.78, 5) is 4.75. The minimum Gasteiger partial charge on any atom is -0.310 e. The van der Waals surface area contributed by atoms with Crippen molar-refractivity contribution in [1.29, 1.82) is 0 Å². The van der Waals surface area contributed by atoms with Crippen LogP contribution in [0.25, 0.3) is 70.8 Å². The Morgan fingerprint density at radius 1 is 0.358 bits per heavy atom. The monoisotopic (exact) mass is 863 g/mol. The molecule has 0 fully saturated rings. The zero-order chi connectivity index (χ0) is 45.4. The third kappa shape index (κ3) is 6.96. The molecule has 67 heavy (non-hydrogen) atoms. The van der Waals surface area contributed by atoms with E-state index < -0.39 is 0 Å². The molecule has 3 nitrogen and oxygen atoms in total. The normalized spacial score (nSPS) is 12.1. The molecule has 324 valence electrons. The highest BCUT2D eigenvalue weighted by molar-refractivity contribution is 6.27. The van der Waals surface area contributed by atoms with Crippen molar-refractivity contribution in [1.82, 2.24) is 4.40 Å². The molecule has 12 aromatic rings. The summed E-state index contributed by atoms with van der Waals surface area (Å²) in [6.45, 7) is 11.3. The van der Waals surface area contributed by atoms with Gasteiger partial charge in [-0.3, -0.25) is 0 Å². The molecule has 2 heterocycles. The highest BCUT2D eigenvalue weighted by Crippen LogP contribution is 2.46. The average Bonchev–Trinajstić information content (AvgIpc) is 3.86. The molecule has 0 saturated carbocycles. The summed E-state index contributed by atoms with van der Waals surface area (Å²) in [5.74, 6) is 0. The van der Waals surface area contributed by atoms with E-state index in [1.807, 2.05) is 0 Å². The minimum absolute atomic E-state index is 0.0837. The Morgan fingerprint density at radius 2 is 0.776 bits per heavy atom. The van der Waals surface area contributed by atoms with Gasteiger partial charge in [-0.15, -0.1) is 0 Å². The SMILES string of the molecule is CCc1ccc(N(c2ccccc2)c2ccc3cc4c5cc(-c6ccc(C(C)(C)C)cc6)cc6c7cc8ccc(N(c9ccccc9)c9ccc(CC)cc9)cc8cc7n(c4cc3c2)c56)cc1. The maximum Gasteiger partial charge on any atom is 0.0620 e. The first-order chi connectivity index (χ1) is 32.7. The summed E-state index contributed by atoms with van der Waals surface area (Å²) in [7, 11) is 0. The topological polar surface area (TPSA) is 10.9 Å². The van der Waals surface area contributed by atoms with Gasteiger partial charge in [0.25, 0.3) is 0 Å². The first-order valence-corrected chi connectivity index (χ1v) is 23.9. The second-order valence-electron chi connectivity index (χ2n) is 19.3. The number of hydrogen-bond acceptors (Lipinski definition) is 2. The van der Waals surface area contributed by atoms with Gasteiger partial charge >= 0.3 is 0 Å². The third-order valence-corrected chi connectivity index (χ3v) is 14.1. The van der Waals surface area contributed by atoms with Crippen LogP contribution in [0.3, 0.4) is 0 Å². The number of aryl methyl sites for hydroxylation is 2. The smallest absolute Gasteiger partial charge is 0.0620 e. The summed E-state index contributed by atoms with van der Waals surface area (Å²) >= 11 is 0. The zero-order valence-corrected chi connectivity index (χ0v) is 38.9. The predicted octanol–water partition coefficient (Wildman–Crippen LogP) is 18.2. The summed E-state index contributed by atoms with van der Waals surface area (Å²) in [6, 6.07) is 77.3. The molecule has 0 spiro atoms. The second-order valence-corrected chi connectivity index (χ2v) is 19.3. The van der Waals surface area contributed by atoms with E-state index in [4.69, 9.17) is 0 Å². The van der Waals surface area contributed by atoms with Crippen LogP contribution in [-0.4, -0.2) is 4.40 Å². The fraction of sp³-hybridized carbons (Fsp3) is 0.125. The van der Waals surface area contributed by atoms with Gasteiger partial charge in [-0.1, -0.05) is 132 Å². The standard InChI is InChI=1S/C64H53N3/c1-6-42-18-28-53(29-19-42)65(51-14-10-8-11-15-51)55-32-24-45-36-57-59-38-49(44-22-26-50(27-23-44)64(3,4)5)39-60-58-37-46-25-33-56(35-48(46)41-62(58)67(63(59)60)61(57)40-47(45)34-55)66(52-16-12-9-13-17-52)54-30-20-43(7-2)21-31-54/h8-41H,6-7H2,1-5H3. The number of fused-ring (bicyclic) bond motifs is 8. The minimum atomic E-state index is 0.0837. The Kier molecular flexibility index (Phi) is 9.65. The molecule has 0 bridgehead atoms. The summed E-state index contributed by atoms with van der Waals surface area (Å²) in [5.41, 5.74) is 17.1. The van der Waals surface area contributed by atoms with Crippen molar-refractivity contribution in [2.45, 2.75) is 52.9 Å². The van der Waals surface area contributed by atoms with E-state index in [1.165, 1.54) is 87.5 Å². The molecule has 3 heteroatoms. The third-order valence-electron chi connectivity index (χ3n) is 14.1. The summed E-state index contributed by atoms with van der Waals surface area (Å²) in [6.07, 6.45) is 2.02. The molecule has 0 aliphatic carbocycles. The highest BCUT2D eigenvalue weighted by atomic mass is 15.1. The Hall–Kier alpha value is -7.88. The Balaban J connectivity index is 1.09. The average molecular weight is 864 g/mol. The van der Waals surface area contributed by atoms with Gasteiger partial charge in [-0.05, 0) is 177 Å². The molecule has 0 N–H and O–H groups in total. The molecular weight excluding hydrogens is 811 g/mol. The van der Waals surface area contributed by atoms with E-state index in [9.17, 15) is 0 Å². The van der Waals surface area contributed by atoms with Crippen molar-refractivity contribution in [3.63, 3.8) is 0 Å². The van der Waals surface area contributed by atoms with Gasteiger partial charge in [0.1, 0.15) is 0 Å². The van der Waals surface area contributed by atoms with Gasteiger partial charge in [0.2, 0.25) is 0 Å². The van der Waals surface area contributed by atoms with Crippen molar-refractivity contribution >= 4 is 93.8 Å². The largest absolute Gasteiger partial charge is 0.310 e. The van der Waals surface area contributed by atoms with E-state index in [0.717, 1.165) is 47.0 Å². The Morgan fingerprint density at radius 3 is 1.19 bits per heavy atom. The first-order valence-electron chi connectivity index (χ1n) is 23.9. The van der Waals surface area contributed by atoms with E-state index >= 15 is 0 Å². The lowest BCUT2D eigenvalue weighted by molar-refractivity contribution is 0.590. The Bertz CT molecular complexity index is 3550. The molecule has 0 amide bonds. The number of hydrogen-bond donors (Lipinski definition) is 0. The lowest BCUT2D eigenvalue weighted by Crippen LogP contribution is -2.10. The van der Waals surface area contributed by atoms with Crippen LogP contribution in [0.1, 0.15) is 51.3 Å². The van der Waals surface area contributed by atoms with Crippen LogP contribution < -0.4 is 9.80 Å². The predicted molar refractivity (Wildman–Crippen MR) is 288 cm³/mol. The maximum absolute atomic E-state index is 2.55. The molecule has 0 aliphatic rings. The number of rotatable bonds is 9. The second kappa shape index (κ2) is 15.9. The van der Waals surface area contributed by atoms with Gasteiger partial charge in [-0.25, -0.2) is 0 Å². The van der Waals surface area contributed by atoms with Crippen molar-refractivity contribution in [3.05, 3.63) is 223 Å². The van der Waals surface area contributed by atoms with Gasteiger partial charge in [0.05, 0.1) is 16.6 Å². The van der Waals surface area contributed by atoms with Crippen LogP contribution in [0, 0.1) is 0 Å². The van der Waals surface area contributed by atoms with E-state index in [0.29, 0.717) is 0 Å². The number of para-hydroxylation sites is 2. The number of aromatic nitrogens is 1. The van der Waals surface area contributed by atoms with Crippen LogP contribution in [0.2, 0.25) is 0 Å². The molecule has 0 aliphatic heterocycles. The molecule has 10 aromatic carbocycles. The highest BCUT2D eigenvalue weighted by Gasteiger charge is 2.23. The van der Waals surface area contributed by atoms with E-state index in [2.05, 4.69) is 255 Å². The molecule has 0 unspecified atom stereocenters. The molecule has 12 rings (SSSR count). The van der Waals surface area contributed by atoms with E-state index in [-0.39, 0.29) is 5.41 Å². The van der Waals surface area contributed by atoms with Crippen LogP contribution in [0.15, 0.2) is 206 Å². The summed E-state index contributed by atoms with van der Waals surface area (Å²) in [5, 5.41) is 9.96. The quantitative estimate of drug-likeness (QED) is 0.143.